The van der Waals surface area contributed by atoms with Crippen LogP contribution in [0, 0.1) is 5.41 Å². The lowest BCUT2D eigenvalue weighted by molar-refractivity contribution is -0.165. The molecule has 21 heavy (non-hydrogen) atoms. The molecule has 1 atom stereocenters. The molecule has 0 radical (unpaired) electrons. The third kappa shape index (κ3) is 5.47. The first-order valence-electron chi connectivity index (χ1n) is 7.26. The van der Waals surface area contributed by atoms with Crippen LogP contribution in [0.15, 0.2) is 0 Å². The molecule has 1 unspecified atom stereocenters. The average molecular weight is 309 g/mol. The highest BCUT2D eigenvalue weighted by Crippen LogP contribution is 2.27. The number of nitrogens with two attached hydrogens (primary N) is 1. The Labute approximate surface area is 124 Å². The highest BCUT2D eigenvalue weighted by molar-refractivity contribution is 5.78. The molecule has 0 saturated carbocycles. The second kappa shape index (κ2) is 6.52. The Balaban J connectivity index is 2.66. The summed E-state index contributed by atoms with van der Waals surface area (Å²) in [5.74, 6) is -0.478. The van der Waals surface area contributed by atoms with Gasteiger partial charge in [0.1, 0.15) is 6.54 Å². The standard InChI is InChI=1S/C14H26F3N3O/c1-10(2)20(9-14(15,16)17)12(21)7-19-6-5-11(18)13(3,4)8-19/h10-11H,5-9,18H2,1-4H3. The summed E-state index contributed by atoms with van der Waals surface area (Å²) in [6.45, 7) is 7.32. The highest BCUT2D eigenvalue weighted by Gasteiger charge is 2.37. The van der Waals surface area contributed by atoms with E-state index in [2.05, 4.69) is 0 Å². The van der Waals surface area contributed by atoms with Crippen LogP contribution in [-0.4, -0.2) is 60.1 Å². The molecule has 0 aromatic rings. The maximum atomic E-state index is 12.6. The van der Waals surface area contributed by atoms with Gasteiger partial charge in [0.2, 0.25) is 5.91 Å². The number of nitrogens with zero attached hydrogens (tertiary/aromatic N) is 2. The largest absolute Gasteiger partial charge is 0.406 e. The predicted molar refractivity (Wildman–Crippen MR) is 75.7 cm³/mol. The van der Waals surface area contributed by atoms with Crippen LogP contribution < -0.4 is 5.73 Å². The van der Waals surface area contributed by atoms with E-state index in [0.717, 1.165) is 11.3 Å². The predicted octanol–water partition coefficient (Wildman–Crippen LogP) is 1.84. The van der Waals surface area contributed by atoms with Gasteiger partial charge in [0.05, 0.1) is 6.54 Å². The number of likely N-dealkylation sites (tertiary alicyclic amines) is 1. The number of piperidine rings is 1. The zero-order valence-corrected chi connectivity index (χ0v) is 13.2. The van der Waals surface area contributed by atoms with Crippen molar-refractivity contribution < 1.29 is 18.0 Å². The highest BCUT2D eigenvalue weighted by atomic mass is 19.4. The minimum Gasteiger partial charge on any atom is -0.330 e. The van der Waals surface area contributed by atoms with E-state index in [4.69, 9.17) is 5.73 Å². The first kappa shape index (κ1) is 18.2. The number of hydrogen-bond donors (Lipinski definition) is 1. The van der Waals surface area contributed by atoms with Crippen molar-refractivity contribution in [3.63, 3.8) is 0 Å². The van der Waals surface area contributed by atoms with E-state index >= 15 is 0 Å². The minimum atomic E-state index is -4.37. The Morgan fingerprint density at radius 1 is 1.43 bits per heavy atom. The lowest BCUT2D eigenvalue weighted by Crippen LogP contribution is -2.55. The van der Waals surface area contributed by atoms with Crippen LogP contribution in [0.3, 0.4) is 0 Å². The molecule has 1 amide bonds. The zero-order chi connectivity index (χ0) is 16.4. The summed E-state index contributed by atoms with van der Waals surface area (Å²) in [7, 11) is 0. The number of halogens is 3. The van der Waals surface area contributed by atoms with Gasteiger partial charge in [-0.25, -0.2) is 0 Å². The summed E-state index contributed by atoms with van der Waals surface area (Å²) < 4.78 is 37.7. The Bertz CT molecular complexity index is 369. The van der Waals surface area contributed by atoms with Crippen LogP contribution in [0.25, 0.3) is 0 Å². The molecule has 7 heteroatoms. The number of carbonyl (C=O) groups excluding carboxylic acids is 1. The van der Waals surface area contributed by atoms with Gasteiger partial charge in [0.15, 0.2) is 0 Å². The average Bonchev–Trinajstić information content (AvgIpc) is 2.29. The molecule has 1 heterocycles. The molecule has 1 rings (SSSR count). The van der Waals surface area contributed by atoms with Crippen LogP contribution in [0.5, 0.6) is 0 Å². The second-order valence-corrected chi connectivity index (χ2v) is 6.82. The molecule has 1 fully saturated rings. The Morgan fingerprint density at radius 2 is 2.00 bits per heavy atom. The van der Waals surface area contributed by atoms with Gasteiger partial charge >= 0.3 is 6.18 Å². The van der Waals surface area contributed by atoms with E-state index in [1.165, 1.54) is 0 Å². The van der Waals surface area contributed by atoms with Gasteiger partial charge in [0, 0.05) is 25.2 Å². The van der Waals surface area contributed by atoms with Crippen LogP contribution in [-0.2, 0) is 4.79 Å². The lowest BCUT2D eigenvalue weighted by Gasteiger charge is -2.43. The van der Waals surface area contributed by atoms with Crippen LogP contribution in [0.1, 0.15) is 34.1 Å². The lowest BCUT2D eigenvalue weighted by atomic mass is 9.80. The smallest absolute Gasteiger partial charge is 0.330 e. The van der Waals surface area contributed by atoms with E-state index in [9.17, 15) is 18.0 Å². The molecular weight excluding hydrogens is 283 g/mol. The van der Waals surface area contributed by atoms with Crippen molar-refractivity contribution in [1.29, 1.82) is 0 Å². The van der Waals surface area contributed by atoms with Crippen molar-refractivity contribution in [3.05, 3.63) is 0 Å². The van der Waals surface area contributed by atoms with Gasteiger partial charge in [-0.2, -0.15) is 13.2 Å². The number of carbonyl (C=O) groups is 1. The zero-order valence-electron chi connectivity index (χ0n) is 13.2. The summed E-state index contributed by atoms with van der Waals surface area (Å²) in [6.07, 6.45) is -3.62. The molecule has 1 aliphatic rings. The fourth-order valence-corrected chi connectivity index (χ4v) is 2.65. The molecule has 0 spiro atoms. The molecule has 1 saturated heterocycles. The van der Waals surface area contributed by atoms with E-state index in [1.807, 2.05) is 18.7 Å². The first-order chi connectivity index (χ1) is 9.42. The van der Waals surface area contributed by atoms with Crippen LogP contribution >= 0.6 is 0 Å². The monoisotopic (exact) mass is 309 g/mol. The van der Waals surface area contributed by atoms with Crippen molar-refractivity contribution in [2.45, 2.75) is 52.4 Å². The molecule has 124 valence electrons. The molecule has 1 aliphatic heterocycles. The normalized spacial score (nSPS) is 23.4. The van der Waals surface area contributed by atoms with Gasteiger partial charge in [-0.3, -0.25) is 9.69 Å². The number of hydrogen-bond acceptors (Lipinski definition) is 3. The Morgan fingerprint density at radius 3 is 2.43 bits per heavy atom. The molecular formula is C14H26F3N3O. The summed E-state index contributed by atoms with van der Waals surface area (Å²) in [5.41, 5.74) is 5.89. The number of alkyl halides is 3. The van der Waals surface area contributed by atoms with Crippen molar-refractivity contribution in [2.24, 2.45) is 11.1 Å². The third-order valence-corrected chi connectivity index (χ3v) is 4.04. The topological polar surface area (TPSA) is 49.6 Å². The van der Waals surface area contributed by atoms with Crippen molar-refractivity contribution in [2.75, 3.05) is 26.2 Å². The fraction of sp³-hybridized carbons (Fsp3) is 0.929. The van der Waals surface area contributed by atoms with E-state index in [-0.39, 0.29) is 18.0 Å². The summed E-state index contributed by atoms with van der Waals surface area (Å²) in [6, 6.07) is -0.417. The van der Waals surface area contributed by atoms with E-state index in [1.54, 1.807) is 13.8 Å². The van der Waals surface area contributed by atoms with Gasteiger partial charge in [-0.05, 0) is 25.7 Å². The molecule has 0 aromatic carbocycles. The quantitative estimate of drug-likeness (QED) is 0.862. The fourth-order valence-electron chi connectivity index (χ4n) is 2.65. The van der Waals surface area contributed by atoms with Crippen LogP contribution in [0.2, 0.25) is 0 Å². The Hall–Kier alpha value is -0.820. The molecule has 0 aliphatic carbocycles. The Kier molecular flexibility index (Phi) is 5.66. The maximum absolute atomic E-state index is 12.6. The summed E-state index contributed by atoms with van der Waals surface area (Å²) in [5, 5.41) is 0. The minimum absolute atomic E-state index is 0.0183. The summed E-state index contributed by atoms with van der Waals surface area (Å²) in [4.78, 5) is 15.0. The van der Waals surface area contributed by atoms with Gasteiger partial charge in [0.25, 0.3) is 0 Å². The maximum Gasteiger partial charge on any atom is 0.406 e. The molecule has 0 bridgehead atoms. The molecule has 2 N–H and O–H groups in total. The third-order valence-electron chi connectivity index (χ3n) is 4.04. The second-order valence-electron chi connectivity index (χ2n) is 6.82. The summed E-state index contributed by atoms with van der Waals surface area (Å²) >= 11 is 0. The van der Waals surface area contributed by atoms with Gasteiger partial charge < -0.3 is 10.6 Å². The van der Waals surface area contributed by atoms with E-state index < -0.39 is 24.7 Å². The first-order valence-corrected chi connectivity index (χ1v) is 7.26. The molecule has 4 nitrogen and oxygen atoms in total. The molecule has 0 aromatic heterocycles. The van der Waals surface area contributed by atoms with Gasteiger partial charge in [-0.15, -0.1) is 0 Å². The van der Waals surface area contributed by atoms with E-state index in [0.29, 0.717) is 13.1 Å². The van der Waals surface area contributed by atoms with Gasteiger partial charge in [-0.1, -0.05) is 13.8 Å². The SMILES string of the molecule is CC(C)N(CC(F)(F)F)C(=O)CN1CCC(N)C(C)(C)C1. The van der Waals surface area contributed by atoms with Crippen molar-refractivity contribution in [1.82, 2.24) is 9.80 Å². The van der Waals surface area contributed by atoms with Crippen molar-refractivity contribution in [3.8, 4) is 0 Å². The number of amides is 1. The number of rotatable bonds is 4. The van der Waals surface area contributed by atoms with Crippen molar-refractivity contribution >= 4 is 5.91 Å². The van der Waals surface area contributed by atoms with Crippen LogP contribution in [0.4, 0.5) is 13.2 Å².